The van der Waals surface area contributed by atoms with Gasteiger partial charge in [-0.25, -0.2) is 4.98 Å². The molecule has 0 saturated heterocycles. The largest absolute Gasteiger partial charge is 0.437 e. The number of rotatable bonds is 5. The average Bonchev–Trinajstić information content (AvgIpc) is 2.41. The molecule has 0 aliphatic carbocycles. The summed E-state index contributed by atoms with van der Waals surface area (Å²) in [4.78, 5) is 8.42. The lowest BCUT2D eigenvalue weighted by atomic mass is 10.3. The fraction of sp³-hybridized carbons (Fsp3) is 0.231. The van der Waals surface area contributed by atoms with E-state index in [4.69, 9.17) is 27.9 Å². The van der Waals surface area contributed by atoms with Crippen LogP contribution in [0.3, 0.4) is 0 Å². The quantitative estimate of drug-likeness (QED) is 0.914. The number of ether oxygens (including phenoxy) is 1. The predicted molar refractivity (Wildman–Crippen MR) is 75.9 cm³/mol. The normalized spacial score (nSPS) is 10.5. The number of halogens is 2. The number of aromatic nitrogens is 2. The van der Waals surface area contributed by atoms with E-state index in [0.717, 1.165) is 12.2 Å². The van der Waals surface area contributed by atoms with Crippen molar-refractivity contribution in [2.24, 2.45) is 0 Å². The first kappa shape index (κ1) is 14.1. The summed E-state index contributed by atoms with van der Waals surface area (Å²) >= 11 is 11.8. The minimum Gasteiger partial charge on any atom is -0.437 e. The zero-order valence-electron chi connectivity index (χ0n) is 10.4. The van der Waals surface area contributed by atoms with Crippen molar-refractivity contribution in [1.82, 2.24) is 15.3 Å². The van der Waals surface area contributed by atoms with Gasteiger partial charge in [0, 0.05) is 18.8 Å². The Balaban J connectivity index is 2.11. The molecule has 0 saturated carbocycles. The van der Waals surface area contributed by atoms with Gasteiger partial charge >= 0.3 is 0 Å². The first-order chi connectivity index (χ1) is 9.19. The van der Waals surface area contributed by atoms with Crippen LogP contribution in [0, 0.1) is 0 Å². The van der Waals surface area contributed by atoms with E-state index >= 15 is 0 Å². The molecular formula is C13H13Cl2N3O. The van der Waals surface area contributed by atoms with Crippen molar-refractivity contribution in [3.05, 3.63) is 46.3 Å². The summed E-state index contributed by atoms with van der Waals surface area (Å²) in [6.45, 7) is 3.56. The van der Waals surface area contributed by atoms with Crippen molar-refractivity contribution in [2.45, 2.75) is 13.5 Å². The first-order valence-corrected chi connectivity index (χ1v) is 6.59. The van der Waals surface area contributed by atoms with Crippen molar-refractivity contribution in [3.63, 3.8) is 0 Å². The summed E-state index contributed by atoms with van der Waals surface area (Å²) < 4.78 is 5.59. The van der Waals surface area contributed by atoms with Crippen LogP contribution >= 0.6 is 23.2 Å². The lowest BCUT2D eigenvalue weighted by Gasteiger charge is -2.07. The van der Waals surface area contributed by atoms with Crippen molar-refractivity contribution in [1.29, 1.82) is 0 Å². The lowest BCUT2D eigenvalue weighted by Crippen LogP contribution is -2.13. The van der Waals surface area contributed by atoms with E-state index in [1.807, 2.05) is 6.92 Å². The van der Waals surface area contributed by atoms with Gasteiger partial charge in [0.05, 0.1) is 21.9 Å². The fourth-order valence-electron chi connectivity index (χ4n) is 1.43. The van der Waals surface area contributed by atoms with E-state index in [1.165, 1.54) is 0 Å². The summed E-state index contributed by atoms with van der Waals surface area (Å²) in [5.74, 6) is 0.998. The topological polar surface area (TPSA) is 47.0 Å². The molecule has 2 aromatic rings. The summed E-state index contributed by atoms with van der Waals surface area (Å²) in [7, 11) is 0. The highest BCUT2D eigenvalue weighted by molar-refractivity contribution is 6.42. The highest BCUT2D eigenvalue weighted by Crippen LogP contribution is 2.28. The van der Waals surface area contributed by atoms with Crippen molar-refractivity contribution >= 4 is 23.2 Å². The van der Waals surface area contributed by atoms with E-state index in [0.29, 0.717) is 28.2 Å². The van der Waals surface area contributed by atoms with Gasteiger partial charge in [-0.2, -0.15) is 0 Å². The van der Waals surface area contributed by atoms with Crippen molar-refractivity contribution in [2.75, 3.05) is 6.54 Å². The van der Waals surface area contributed by atoms with Crippen LogP contribution in [0.1, 0.15) is 12.6 Å². The SMILES string of the molecule is CCNCc1cncc(Oc2ccc(Cl)c(Cl)c2)n1. The van der Waals surface area contributed by atoms with Gasteiger partial charge in [0.1, 0.15) is 5.75 Å². The van der Waals surface area contributed by atoms with Crippen LogP contribution in [-0.4, -0.2) is 16.5 Å². The smallest absolute Gasteiger partial charge is 0.238 e. The molecule has 1 aromatic heterocycles. The van der Waals surface area contributed by atoms with E-state index in [-0.39, 0.29) is 0 Å². The van der Waals surface area contributed by atoms with Crippen LogP contribution in [0.5, 0.6) is 11.6 Å². The van der Waals surface area contributed by atoms with Gasteiger partial charge in [0.25, 0.3) is 0 Å². The zero-order valence-corrected chi connectivity index (χ0v) is 11.9. The molecule has 0 unspecified atom stereocenters. The average molecular weight is 298 g/mol. The standard InChI is InChI=1S/C13H13Cl2N3O/c1-2-16-6-9-7-17-8-13(18-9)19-10-3-4-11(14)12(15)5-10/h3-5,7-8,16H,2,6H2,1H3. The number of nitrogens with one attached hydrogen (secondary N) is 1. The second-order valence-electron chi connectivity index (χ2n) is 3.81. The molecular weight excluding hydrogens is 285 g/mol. The van der Waals surface area contributed by atoms with Gasteiger partial charge in [0.15, 0.2) is 0 Å². The Morgan fingerprint density at radius 3 is 2.79 bits per heavy atom. The van der Waals surface area contributed by atoms with Crippen LogP contribution in [0.4, 0.5) is 0 Å². The van der Waals surface area contributed by atoms with Crippen LogP contribution in [0.15, 0.2) is 30.6 Å². The highest BCUT2D eigenvalue weighted by Gasteiger charge is 2.04. The van der Waals surface area contributed by atoms with E-state index in [9.17, 15) is 0 Å². The minimum absolute atomic E-state index is 0.425. The molecule has 1 aromatic carbocycles. The summed E-state index contributed by atoms with van der Waals surface area (Å²) in [5.41, 5.74) is 0.819. The van der Waals surface area contributed by atoms with Crippen LogP contribution in [-0.2, 0) is 6.54 Å². The number of hydrogen-bond donors (Lipinski definition) is 1. The first-order valence-electron chi connectivity index (χ1n) is 5.83. The summed E-state index contributed by atoms with van der Waals surface area (Å²) in [6, 6.07) is 5.05. The summed E-state index contributed by atoms with van der Waals surface area (Å²) in [5, 5.41) is 4.10. The molecule has 2 rings (SSSR count). The number of nitrogens with zero attached hydrogens (tertiary/aromatic N) is 2. The molecule has 0 aliphatic heterocycles. The number of hydrogen-bond acceptors (Lipinski definition) is 4. The lowest BCUT2D eigenvalue weighted by molar-refractivity contribution is 0.456. The molecule has 0 aliphatic rings. The van der Waals surface area contributed by atoms with Crippen LogP contribution in [0.2, 0.25) is 10.0 Å². The fourth-order valence-corrected chi connectivity index (χ4v) is 1.72. The van der Waals surface area contributed by atoms with E-state index in [1.54, 1.807) is 30.6 Å². The molecule has 100 valence electrons. The Morgan fingerprint density at radius 2 is 2.05 bits per heavy atom. The third kappa shape index (κ3) is 4.06. The van der Waals surface area contributed by atoms with E-state index in [2.05, 4.69) is 15.3 Å². The minimum atomic E-state index is 0.425. The van der Waals surface area contributed by atoms with E-state index < -0.39 is 0 Å². The third-order valence-electron chi connectivity index (χ3n) is 2.33. The predicted octanol–water partition coefficient (Wildman–Crippen LogP) is 3.69. The van der Waals surface area contributed by atoms with Gasteiger partial charge in [-0.05, 0) is 18.7 Å². The maximum absolute atomic E-state index is 5.92. The van der Waals surface area contributed by atoms with Gasteiger partial charge in [-0.3, -0.25) is 4.98 Å². The van der Waals surface area contributed by atoms with Crippen LogP contribution < -0.4 is 10.1 Å². The Bertz CT molecular complexity index is 563. The molecule has 0 atom stereocenters. The second kappa shape index (κ2) is 6.70. The molecule has 0 fully saturated rings. The molecule has 0 spiro atoms. The molecule has 0 bridgehead atoms. The van der Waals surface area contributed by atoms with Gasteiger partial charge in [0.2, 0.25) is 5.88 Å². The second-order valence-corrected chi connectivity index (χ2v) is 4.62. The maximum Gasteiger partial charge on any atom is 0.238 e. The highest BCUT2D eigenvalue weighted by atomic mass is 35.5. The molecule has 1 N–H and O–H groups in total. The Hall–Kier alpha value is -1.36. The molecule has 6 heteroatoms. The van der Waals surface area contributed by atoms with Gasteiger partial charge < -0.3 is 10.1 Å². The maximum atomic E-state index is 5.92. The zero-order chi connectivity index (χ0) is 13.7. The molecule has 19 heavy (non-hydrogen) atoms. The molecule has 0 radical (unpaired) electrons. The Kier molecular flexibility index (Phi) is 4.96. The van der Waals surface area contributed by atoms with Gasteiger partial charge in [-0.1, -0.05) is 30.1 Å². The van der Waals surface area contributed by atoms with Crippen molar-refractivity contribution < 1.29 is 4.74 Å². The molecule has 1 heterocycles. The van der Waals surface area contributed by atoms with Crippen LogP contribution in [0.25, 0.3) is 0 Å². The molecule has 0 amide bonds. The Labute approximate surface area is 121 Å². The Morgan fingerprint density at radius 1 is 1.21 bits per heavy atom. The van der Waals surface area contributed by atoms with Gasteiger partial charge in [-0.15, -0.1) is 0 Å². The third-order valence-corrected chi connectivity index (χ3v) is 3.07. The number of benzene rings is 1. The monoisotopic (exact) mass is 297 g/mol. The molecule has 4 nitrogen and oxygen atoms in total. The van der Waals surface area contributed by atoms with Crippen molar-refractivity contribution in [3.8, 4) is 11.6 Å². The summed E-state index contributed by atoms with van der Waals surface area (Å²) in [6.07, 6.45) is 3.25.